The Morgan fingerprint density at radius 3 is 2.44 bits per heavy atom. The van der Waals surface area contributed by atoms with Crippen LogP contribution < -0.4 is 5.73 Å². The second-order valence-electron chi connectivity index (χ2n) is 6.68. The van der Waals surface area contributed by atoms with Crippen molar-refractivity contribution in [1.82, 2.24) is 9.80 Å². The molecule has 18 heavy (non-hydrogen) atoms. The molecule has 4 heteroatoms. The van der Waals surface area contributed by atoms with E-state index in [9.17, 15) is 5.11 Å². The van der Waals surface area contributed by atoms with Crippen LogP contribution >= 0.6 is 0 Å². The summed E-state index contributed by atoms with van der Waals surface area (Å²) in [4.78, 5) is 5.12. The predicted octanol–water partition coefficient (Wildman–Crippen LogP) is 0.645. The molecule has 0 aliphatic carbocycles. The summed E-state index contributed by atoms with van der Waals surface area (Å²) in [6, 6.07) is 1.15. The number of piperidine rings is 1. The molecule has 0 aromatic heterocycles. The van der Waals surface area contributed by atoms with Gasteiger partial charge >= 0.3 is 0 Å². The molecule has 0 amide bonds. The number of likely N-dealkylation sites (tertiary alicyclic amines) is 2. The number of rotatable bonds is 4. The van der Waals surface area contributed by atoms with Gasteiger partial charge in [0.15, 0.2) is 0 Å². The van der Waals surface area contributed by atoms with E-state index in [0.29, 0.717) is 6.04 Å². The highest BCUT2D eigenvalue weighted by Crippen LogP contribution is 2.21. The van der Waals surface area contributed by atoms with E-state index < -0.39 is 5.60 Å². The topological polar surface area (TPSA) is 52.7 Å². The van der Waals surface area contributed by atoms with Crippen molar-refractivity contribution in [2.75, 3.05) is 32.7 Å². The summed E-state index contributed by atoms with van der Waals surface area (Å²) in [5.41, 5.74) is 5.42. The molecule has 106 valence electrons. The number of nitrogens with two attached hydrogens (primary N) is 1. The van der Waals surface area contributed by atoms with Gasteiger partial charge in [-0.25, -0.2) is 0 Å². The Kier molecular flexibility index (Phi) is 4.64. The molecule has 0 aromatic rings. The summed E-state index contributed by atoms with van der Waals surface area (Å²) in [6.45, 7) is 9.51. The van der Waals surface area contributed by atoms with E-state index in [4.69, 9.17) is 5.73 Å². The molecular formula is C14H29N3O. The summed E-state index contributed by atoms with van der Waals surface area (Å²) in [5.74, 6) is 0. The zero-order valence-electron chi connectivity index (χ0n) is 11.9. The van der Waals surface area contributed by atoms with Crippen LogP contribution in [0.4, 0.5) is 0 Å². The summed E-state index contributed by atoms with van der Waals surface area (Å²) in [5, 5.41) is 9.77. The van der Waals surface area contributed by atoms with Gasteiger partial charge in [-0.3, -0.25) is 4.90 Å². The van der Waals surface area contributed by atoms with E-state index in [0.717, 1.165) is 31.8 Å². The fourth-order valence-corrected chi connectivity index (χ4v) is 3.03. The third-order valence-electron chi connectivity index (χ3n) is 4.38. The highest BCUT2D eigenvalue weighted by atomic mass is 16.3. The standard InChI is InChI=1S/C14H29N3O/c1-14(2,18)6-10-16-7-5-13(11-16)17-8-3-12(15)4-9-17/h12-13,18H,3-11,15H2,1-2H3. The third kappa shape index (κ3) is 4.19. The molecule has 1 unspecified atom stereocenters. The fourth-order valence-electron chi connectivity index (χ4n) is 3.03. The Balaban J connectivity index is 1.71. The molecule has 3 N–H and O–H groups in total. The SMILES string of the molecule is CC(C)(O)CCN1CCC(N2CCC(N)CC2)C1. The van der Waals surface area contributed by atoms with Crippen molar-refractivity contribution < 1.29 is 5.11 Å². The number of hydrogen-bond donors (Lipinski definition) is 2. The summed E-state index contributed by atoms with van der Waals surface area (Å²) < 4.78 is 0. The first-order valence-corrected chi connectivity index (χ1v) is 7.38. The lowest BCUT2D eigenvalue weighted by atomic mass is 10.0. The molecule has 0 bridgehead atoms. The van der Waals surface area contributed by atoms with Gasteiger partial charge in [0.05, 0.1) is 5.60 Å². The lowest BCUT2D eigenvalue weighted by molar-refractivity contribution is 0.0590. The molecule has 2 saturated heterocycles. The largest absolute Gasteiger partial charge is 0.390 e. The van der Waals surface area contributed by atoms with E-state index in [1.807, 2.05) is 13.8 Å². The van der Waals surface area contributed by atoms with Crippen LogP contribution in [-0.2, 0) is 0 Å². The first-order valence-electron chi connectivity index (χ1n) is 7.38. The van der Waals surface area contributed by atoms with Gasteiger partial charge in [-0.15, -0.1) is 0 Å². The minimum absolute atomic E-state index is 0.425. The second kappa shape index (κ2) is 5.87. The number of hydrogen-bond acceptors (Lipinski definition) is 4. The molecule has 0 saturated carbocycles. The van der Waals surface area contributed by atoms with E-state index >= 15 is 0 Å². The van der Waals surface area contributed by atoms with Gasteiger partial charge in [-0.1, -0.05) is 0 Å². The Morgan fingerprint density at radius 1 is 1.17 bits per heavy atom. The van der Waals surface area contributed by atoms with Gasteiger partial charge in [0.1, 0.15) is 0 Å². The first kappa shape index (κ1) is 14.3. The average molecular weight is 255 g/mol. The Labute approximate surface area is 111 Å². The number of aliphatic hydroxyl groups is 1. The lowest BCUT2D eigenvalue weighted by Gasteiger charge is -2.34. The molecule has 2 aliphatic rings. The lowest BCUT2D eigenvalue weighted by Crippen LogP contribution is -2.46. The summed E-state index contributed by atoms with van der Waals surface area (Å²) in [7, 11) is 0. The Hall–Kier alpha value is -0.160. The maximum Gasteiger partial charge on any atom is 0.0603 e. The molecule has 0 radical (unpaired) electrons. The molecule has 2 fully saturated rings. The molecule has 2 rings (SSSR count). The van der Waals surface area contributed by atoms with Crippen LogP contribution in [0.5, 0.6) is 0 Å². The van der Waals surface area contributed by atoms with Crippen LogP contribution in [0.15, 0.2) is 0 Å². The van der Waals surface area contributed by atoms with Crippen molar-refractivity contribution >= 4 is 0 Å². The van der Waals surface area contributed by atoms with Crippen molar-refractivity contribution in [3.63, 3.8) is 0 Å². The number of nitrogens with zero attached hydrogens (tertiary/aromatic N) is 2. The molecule has 0 aromatic carbocycles. The van der Waals surface area contributed by atoms with Crippen LogP contribution in [0, 0.1) is 0 Å². The van der Waals surface area contributed by atoms with Crippen LogP contribution in [0.3, 0.4) is 0 Å². The maximum absolute atomic E-state index is 9.77. The smallest absolute Gasteiger partial charge is 0.0603 e. The summed E-state index contributed by atoms with van der Waals surface area (Å²) in [6.07, 6.45) is 4.45. The molecule has 2 aliphatic heterocycles. The van der Waals surface area contributed by atoms with E-state index in [-0.39, 0.29) is 0 Å². The molecule has 2 heterocycles. The van der Waals surface area contributed by atoms with E-state index in [1.54, 1.807) is 0 Å². The fraction of sp³-hybridized carbons (Fsp3) is 1.00. The Bertz CT molecular complexity index is 256. The molecular weight excluding hydrogens is 226 g/mol. The van der Waals surface area contributed by atoms with E-state index in [1.165, 1.54) is 32.6 Å². The van der Waals surface area contributed by atoms with Crippen molar-refractivity contribution in [3.05, 3.63) is 0 Å². The normalized spacial score (nSPS) is 29.0. The second-order valence-corrected chi connectivity index (χ2v) is 6.68. The maximum atomic E-state index is 9.77. The monoisotopic (exact) mass is 255 g/mol. The van der Waals surface area contributed by atoms with Gasteiger partial charge in [0.25, 0.3) is 0 Å². The minimum Gasteiger partial charge on any atom is -0.390 e. The Morgan fingerprint density at radius 2 is 1.83 bits per heavy atom. The van der Waals surface area contributed by atoms with Crippen LogP contribution in [0.1, 0.15) is 39.5 Å². The zero-order chi connectivity index (χ0) is 13.2. The highest BCUT2D eigenvalue weighted by Gasteiger charge is 2.30. The highest BCUT2D eigenvalue weighted by molar-refractivity contribution is 4.87. The molecule has 4 nitrogen and oxygen atoms in total. The molecule has 1 atom stereocenters. The van der Waals surface area contributed by atoms with Crippen molar-refractivity contribution in [1.29, 1.82) is 0 Å². The van der Waals surface area contributed by atoms with Crippen LogP contribution in [-0.4, -0.2) is 65.3 Å². The third-order valence-corrected chi connectivity index (χ3v) is 4.38. The molecule has 0 spiro atoms. The predicted molar refractivity (Wildman–Crippen MR) is 74.5 cm³/mol. The average Bonchev–Trinajstić information content (AvgIpc) is 2.75. The first-order chi connectivity index (χ1) is 8.44. The van der Waals surface area contributed by atoms with Crippen molar-refractivity contribution in [3.8, 4) is 0 Å². The van der Waals surface area contributed by atoms with Crippen LogP contribution in [0.25, 0.3) is 0 Å². The van der Waals surface area contributed by atoms with Crippen LogP contribution in [0.2, 0.25) is 0 Å². The van der Waals surface area contributed by atoms with Gasteiger partial charge < -0.3 is 15.7 Å². The summed E-state index contributed by atoms with van der Waals surface area (Å²) >= 11 is 0. The van der Waals surface area contributed by atoms with Gasteiger partial charge in [-0.2, -0.15) is 0 Å². The van der Waals surface area contributed by atoms with Crippen molar-refractivity contribution in [2.24, 2.45) is 5.73 Å². The van der Waals surface area contributed by atoms with E-state index in [2.05, 4.69) is 9.80 Å². The zero-order valence-corrected chi connectivity index (χ0v) is 11.9. The quantitative estimate of drug-likeness (QED) is 0.774. The van der Waals surface area contributed by atoms with Gasteiger partial charge in [-0.05, 0) is 59.2 Å². The minimum atomic E-state index is -0.532. The van der Waals surface area contributed by atoms with Crippen molar-refractivity contribution in [2.45, 2.75) is 57.2 Å². The van der Waals surface area contributed by atoms with Gasteiger partial charge in [0.2, 0.25) is 0 Å². The van der Waals surface area contributed by atoms with Gasteiger partial charge in [0, 0.05) is 25.2 Å².